The van der Waals surface area contributed by atoms with Crippen molar-refractivity contribution in [3.63, 3.8) is 0 Å². The van der Waals surface area contributed by atoms with Gasteiger partial charge in [-0.25, -0.2) is 0 Å². The summed E-state index contributed by atoms with van der Waals surface area (Å²) in [6.07, 6.45) is 3.76. The number of amides is 1. The third-order valence-electron chi connectivity index (χ3n) is 4.78. The minimum atomic E-state index is -0.675. The van der Waals surface area contributed by atoms with Crippen molar-refractivity contribution in [2.75, 3.05) is 18.0 Å². The van der Waals surface area contributed by atoms with Crippen LogP contribution in [0.25, 0.3) is 0 Å². The number of hydrogen-bond donors (Lipinski definition) is 1. The summed E-state index contributed by atoms with van der Waals surface area (Å²) in [5.74, 6) is -0.159. The lowest BCUT2D eigenvalue weighted by atomic mass is 10.0. The molecule has 0 aromatic heterocycles. The Morgan fingerprint density at radius 1 is 1.00 bits per heavy atom. The predicted molar refractivity (Wildman–Crippen MR) is 104 cm³/mol. The molecule has 1 N–H and O–H groups in total. The number of para-hydroxylation sites is 1. The van der Waals surface area contributed by atoms with E-state index in [0.717, 1.165) is 24.2 Å². The number of piperidine rings is 1. The number of rotatable bonds is 5. The molecule has 0 spiro atoms. The summed E-state index contributed by atoms with van der Waals surface area (Å²) in [7, 11) is 0. The van der Waals surface area contributed by atoms with Crippen molar-refractivity contribution in [1.82, 2.24) is 5.32 Å². The maximum atomic E-state index is 12.6. The van der Waals surface area contributed by atoms with Gasteiger partial charge < -0.3 is 10.2 Å². The van der Waals surface area contributed by atoms with Crippen molar-refractivity contribution >= 4 is 23.2 Å². The first-order chi connectivity index (χ1) is 12.2. The third kappa shape index (κ3) is 4.35. The Balaban J connectivity index is 1.73. The van der Waals surface area contributed by atoms with Gasteiger partial charge >= 0.3 is 0 Å². The van der Waals surface area contributed by atoms with E-state index in [1.807, 2.05) is 43.3 Å². The van der Waals surface area contributed by atoms with Gasteiger partial charge in [-0.15, -0.1) is 11.6 Å². The summed E-state index contributed by atoms with van der Waals surface area (Å²) in [6, 6.07) is 17.7. The highest BCUT2D eigenvalue weighted by Crippen LogP contribution is 2.29. The summed E-state index contributed by atoms with van der Waals surface area (Å²) in [6.45, 7) is 4.19. The SMILES string of the molecule is CC(NC(=O)C(Cl)c1ccccc1)c1ccccc1N1CCCCC1. The quantitative estimate of drug-likeness (QED) is 0.778. The van der Waals surface area contributed by atoms with Crippen LogP contribution in [0.5, 0.6) is 0 Å². The zero-order valence-corrected chi connectivity index (χ0v) is 15.4. The Labute approximate surface area is 155 Å². The number of nitrogens with zero attached hydrogens (tertiary/aromatic N) is 1. The van der Waals surface area contributed by atoms with E-state index in [-0.39, 0.29) is 11.9 Å². The third-order valence-corrected chi connectivity index (χ3v) is 5.23. The lowest BCUT2D eigenvalue weighted by Gasteiger charge is -2.32. The first-order valence-electron chi connectivity index (χ1n) is 9.00. The first kappa shape index (κ1) is 17.8. The normalized spacial score (nSPS) is 17.0. The summed E-state index contributed by atoms with van der Waals surface area (Å²) in [5.41, 5.74) is 3.19. The molecule has 3 rings (SSSR count). The van der Waals surface area contributed by atoms with Crippen LogP contribution in [0, 0.1) is 0 Å². The van der Waals surface area contributed by atoms with Crippen LogP contribution in [0.4, 0.5) is 5.69 Å². The largest absolute Gasteiger partial charge is 0.371 e. The van der Waals surface area contributed by atoms with Crippen molar-refractivity contribution in [2.45, 2.75) is 37.6 Å². The first-order valence-corrected chi connectivity index (χ1v) is 9.43. The van der Waals surface area contributed by atoms with Crippen LogP contribution in [0.3, 0.4) is 0 Å². The summed E-state index contributed by atoms with van der Waals surface area (Å²) < 4.78 is 0. The highest BCUT2D eigenvalue weighted by Gasteiger charge is 2.22. The number of hydrogen-bond acceptors (Lipinski definition) is 2. The van der Waals surface area contributed by atoms with Crippen molar-refractivity contribution in [1.29, 1.82) is 0 Å². The van der Waals surface area contributed by atoms with Crippen LogP contribution in [0.15, 0.2) is 54.6 Å². The van der Waals surface area contributed by atoms with E-state index in [1.165, 1.54) is 24.9 Å². The molecule has 1 heterocycles. The van der Waals surface area contributed by atoms with E-state index in [1.54, 1.807) is 0 Å². The Bertz CT molecular complexity index is 698. The highest BCUT2D eigenvalue weighted by atomic mass is 35.5. The van der Waals surface area contributed by atoms with E-state index in [9.17, 15) is 4.79 Å². The van der Waals surface area contributed by atoms with Crippen LogP contribution in [0.1, 0.15) is 48.7 Å². The lowest BCUT2D eigenvalue weighted by Crippen LogP contribution is -2.33. The molecule has 0 bridgehead atoms. The van der Waals surface area contributed by atoms with Gasteiger partial charge in [0.05, 0.1) is 6.04 Å². The molecule has 2 aromatic carbocycles. The number of halogens is 1. The number of carbonyl (C=O) groups excluding carboxylic acids is 1. The molecule has 0 saturated carbocycles. The minimum Gasteiger partial charge on any atom is -0.371 e. The van der Waals surface area contributed by atoms with Gasteiger partial charge in [-0.05, 0) is 43.4 Å². The van der Waals surface area contributed by atoms with E-state index in [4.69, 9.17) is 11.6 Å². The summed E-state index contributed by atoms with van der Waals surface area (Å²) in [4.78, 5) is 15.0. The van der Waals surface area contributed by atoms with Gasteiger partial charge in [0.15, 0.2) is 0 Å². The van der Waals surface area contributed by atoms with Crippen LogP contribution < -0.4 is 10.2 Å². The van der Waals surface area contributed by atoms with E-state index in [2.05, 4.69) is 28.4 Å². The molecule has 25 heavy (non-hydrogen) atoms. The molecule has 0 radical (unpaired) electrons. The second kappa shape index (κ2) is 8.39. The van der Waals surface area contributed by atoms with Crippen LogP contribution in [-0.2, 0) is 4.79 Å². The van der Waals surface area contributed by atoms with Crippen molar-refractivity contribution < 1.29 is 4.79 Å². The topological polar surface area (TPSA) is 32.3 Å². The second-order valence-electron chi connectivity index (χ2n) is 6.61. The molecule has 2 atom stereocenters. The molecule has 4 heteroatoms. The Kier molecular flexibility index (Phi) is 5.98. The monoisotopic (exact) mass is 356 g/mol. The zero-order valence-electron chi connectivity index (χ0n) is 14.6. The molecule has 2 unspecified atom stereocenters. The van der Waals surface area contributed by atoms with Gasteiger partial charge in [0.1, 0.15) is 5.38 Å². The zero-order chi connectivity index (χ0) is 17.6. The Morgan fingerprint density at radius 3 is 2.36 bits per heavy atom. The number of carbonyl (C=O) groups is 1. The van der Waals surface area contributed by atoms with Crippen LogP contribution >= 0.6 is 11.6 Å². The van der Waals surface area contributed by atoms with E-state index < -0.39 is 5.38 Å². The maximum Gasteiger partial charge on any atom is 0.243 e. The molecule has 1 saturated heterocycles. The summed E-state index contributed by atoms with van der Waals surface area (Å²) in [5, 5.41) is 2.40. The molecule has 1 aliphatic rings. The fourth-order valence-corrected chi connectivity index (χ4v) is 3.62. The molecule has 1 amide bonds. The Hall–Kier alpha value is -2.00. The van der Waals surface area contributed by atoms with E-state index >= 15 is 0 Å². The fraction of sp³-hybridized carbons (Fsp3) is 0.381. The maximum absolute atomic E-state index is 12.6. The standard InChI is InChI=1S/C21H25ClN2O/c1-16(23-21(25)20(22)17-10-4-2-5-11-17)18-12-6-7-13-19(18)24-14-8-3-9-15-24/h2,4-7,10-13,16,20H,3,8-9,14-15H2,1H3,(H,23,25). The number of nitrogens with one attached hydrogen (secondary N) is 1. The number of benzene rings is 2. The van der Waals surface area contributed by atoms with Gasteiger partial charge in [-0.1, -0.05) is 48.5 Å². The molecule has 132 valence electrons. The summed E-state index contributed by atoms with van der Waals surface area (Å²) >= 11 is 6.35. The minimum absolute atomic E-state index is 0.0874. The van der Waals surface area contributed by atoms with Crippen LogP contribution in [-0.4, -0.2) is 19.0 Å². The number of alkyl halides is 1. The smallest absolute Gasteiger partial charge is 0.243 e. The fourth-order valence-electron chi connectivity index (χ4n) is 3.41. The van der Waals surface area contributed by atoms with Gasteiger partial charge in [0.2, 0.25) is 5.91 Å². The van der Waals surface area contributed by atoms with Gasteiger partial charge in [-0.2, -0.15) is 0 Å². The van der Waals surface area contributed by atoms with Crippen LogP contribution in [0.2, 0.25) is 0 Å². The predicted octanol–water partition coefficient (Wildman–Crippen LogP) is 4.83. The van der Waals surface area contributed by atoms with E-state index in [0.29, 0.717) is 0 Å². The lowest BCUT2D eigenvalue weighted by molar-refractivity contribution is -0.121. The van der Waals surface area contributed by atoms with Gasteiger partial charge in [0, 0.05) is 18.8 Å². The van der Waals surface area contributed by atoms with Gasteiger partial charge in [-0.3, -0.25) is 4.79 Å². The molecule has 1 fully saturated rings. The Morgan fingerprint density at radius 2 is 1.64 bits per heavy atom. The average molecular weight is 357 g/mol. The second-order valence-corrected chi connectivity index (χ2v) is 7.05. The highest BCUT2D eigenvalue weighted by molar-refractivity contribution is 6.30. The van der Waals surface area contributed by atoms with Crippen molar-refractivity contribution in [2.24, 2.45) is 0 Å². The molecule has 0 aliphatic carbocycles. The van der Waals surface area contributed by atoms with Gasteiger partial charge in [0.25, 0.3) is 0 Å². The van der Waals surface area contributed by atoms with Crippen molar-refractivity contribution in [3.8, 4) is 0 Å². The molecule has 3 nitrogen and oxygen atoms in total. The molecular formula is C21H25ClN2O. The average Bonchev–Trinajstić information content (AvgIpc) is 2.68. The molecular weight excluding hydrogens is 332 g/mol. The number of anilines is 1. The molecule has 1 aliphatic heterocycles. The van der Waals surface area contributed by atoms with Crippen molar-refractivity contribution in [3.05, 3.63) is 65.7 Å². The molecule has 2 aromatic rings.